The van der Waals surface area contributed by atoms with Crippen molar-refractivity contribution in [2.75, 3.05) is 0 Å². The van der Waals surface area contributed by atoms with Gasteiger partial charge in [0.05, 0.1) is 22.1 Å². The Labute approximate surface area is 148 Å². The number of rotatable bonds is 1. The average molecular weight is 335 g/mol. The Balaban J connectivity index is 1.65. The second-order valence-electron chi connectivity index (χ2n) is 6.44. The number of H-pyrrole nitrogens is 1. The lowest BCUT2D eigenvalue weighted by atomic mass is 10.1. The van der Waals surface area contributed by atoms with Crippen LogP contribution in [0.5, 0.6) is 0 Å². The summed E-state index contributed by atoms with van der Waals surface area (Å²) < 4.78 is 5.98. The molecule has 0 aliphatic heterocycles. The number of aromatic nitrogens is 3. The van der Waals surface area contributed by atoms with Gasteiger partial charge in [-0.05, 0) is 30.3 Å². The number of hydrogen-bond acceptors (Lipinski definition) is 3. The summed E-state index contributed by atoms with van der Waals surface area (Å²) in [5.41, 5.74) is 4.68. The molecule has 122 valence electrons. The third-order valence-corrected chi connectivity index (χ3v) is 4.87. The van der Waals surface area contributed by atoms with E-state index in [0.717, 1.165) is 49.4 Å². The minimum absolute atomic E-state index is 0.695. The lowest BCUT2D eigenvalue weighted by Crippen LogP contribution is -1.89. The normalized spacial score (nSPS) is 11.8. The molecule has 6 rings (SSSR count). The molecule has 0 atom stereocenters. The van der Waals surface area contributed by atoms with E-state index in [4.69, 9.17) is 9.40 Å². The second-order valence-corrected chi connectivity index (χ2v) is 6.44. The zero-order chi connectivity index (χ0) is 17.1. The van der Waals surface area contributed by atoms with E-state index in [1.807, 2.05) is 54.7 Å². The molecule has 6 aromatic rings. The van der Waals surface area contributed by atoms with Gasteiger partial charge in [-0.1, -0.05) is 36.4 Å². The Morgan fingerprint density at radius 1 is 0.808 bits per heavy atom. The van der Waals surface area contributed by atoms with Crippen LogP contribution in [0.3, 0.4) is 0 Å². The van der Waals surface area contributed by atoms with Crippen LogP contribution in [0, 0.1) is 0 Å². The summed E-state index contributed by atoms with van der Waals surface area (Å²) in [6.07, 6.45) is 1.87. The number of para-hydroxylation sites is 2. The van der Waals surface area contributed by atoms with Crippen LogP contribution in [0.25, 0.3) is 55.3 Å². The Hall–Kier alpha value is -3.66. The number of nitrogens with one attached hydrogen (secondary N) is 1. The fourth-order valence-electron chi connectivity index (χ4n) is 3.64. The smallest absolute Gasteiger partial charge is 0.176 e. The van der Waals surface area contributed by atoms with E-state index < -0.39 is 0 Å². The zero-order valence-electron chi connectivity index (χ0n) is 13.7. The molecule has 0 spiro atoms. The molecular weight excluding hydrogens is 322 g/mol. The third-order valence-electron chi connectivity index (χ3n) is 4.87. The molecule has 3 aromatic carbocycles. The van der Waals surface area contributed by atoms with E-state index in [1.54, 1.807) is 0 Å². The highest BCUT2D eigenvalue weighted by atomic mass is 16.3. The van der Waals surface area contributed by atoms with Gasteiger partial charge in [-0.3, -0.25) is 0 Å². The molecular formula is C22H13N3O. The summed E-state index contributed by atoms with van der Waals surface area (Å²) >= 11 is 0. The predicted molar refractivity (Wildman–Crippen MR) is 104 cm³/mol. The van der Waals surface area contributed by atoms with Crippen LogP contribution < -0.4 is 0 Å². The van der Waals surface area contributed by atoms with Crippen LogP contribution in [0.1, 0.15) is 0 Å². The Kier molecular flexibility index (Phi) is 2.58. The van der Waals surface area contributed by atoms with Crippen molar-refractivity contribution < 1.29 is 4.42 Å². The number of aromatic amines is 1. The van der Waals surface area contributed by atoms with Crippen LogP contribution in [0.4, 0.5) is 0 Å². The average Bonchev–Trinajstić information content (AvgIpc) is 3.28. The first-order valence-corrected chi connectivity index (χ1v) is 8.52. The zero-order valence-corrected chi connectivity index (χ0v) is 13.7. The summed E-state index contributed by atoms with van der Waals surface area (Å²) in [5, 5.41) is 4.37. The number of fused-ring (bicyclic) bond motifs is 6. The van der Waals surface area contributed by atoms with Crippen LogP contribution in [0.2, 0.25) is 0 Å². The van der Waals surface area contributed by atoms with E-state index in [-0.39, 0.29) is 0 Å². The van der Waals surface area contributed by atoms with Gasteiger partial charge in [0, 0.05) is 22.4 Å². The van der Waals surface area contributed by atoms with E-state index in [2.05, 4.69) is 28.2 Å². The number of hydrogen-bond donors (Lipinski definition) is 1. The van der Waals surface area contributed by atoms with Crippen molar-refractivity contribution in [3.05, 3.63) is 72.9 Å². The van der Waals surface area contributed by atoms with Gasteiger partial charge in [-0.15, -0.1) is 0 Å². The fraction of sp³-hybridized carbons (Fsp3) is 0. The summed E-state index contributed by atoms with van der Waals surface area (Å²) in [4.78, 5) is 12.8. The van der Waals surface area contributed by atoms with E-state index in [0.29, 0.717) is 5.82 Å². The maximum atomic E-state index is 5.98. The summed E-state index contributed by atoms with van der Waals surface area (Å²) in [5.74, 6) is 0.695. The van der Waals surface area contributed by atoms with Crippen molar-refractivity contribution in [2.45, 2.75) is 0 Å². The Morgan fingerprint density at radius 3 is 2.69 bits per heavy atom. The monoisotopic (exact) mass is 335 g/mol. The van der Waals surface area contributed by atoms with Crippen LogP contribution >= 0.6 is 0 Å². The fourth-order valence-corrected chi connectivity index (χ4v) is 3.64. The number of nitrogens with zero attached hydrogens (tertiary/aromatic N) is 2. The Bertz CT molecular complexity index is 1440. The van der Waals surface area contributed by atoms with Gasteiger partial charge in [-0.25, -0.2) is 9.97 Å². The Morgan fingerprint density at radius 2 is 1.69 bits per heavy atom. The topological polar surface area (TPSA) is 54.7 Å². The largest absolute Gasteiger partial charge is 0.456 e. The first kappa shape index (κ1) is 13.6. The SMILES string of the molecule is c1ccc2nc(-c3cc4ccc5oc6ccccc6c5c4[nH]3)ncc2c1. The summed E-state index contributed by atoms with van der Waals surface area (Å²) in [7, 11) is 0. The quantitative estimate of drug-likeness (QED) is 0.421. The predicted octanol–water partition coefficient (Wildman–Crippen LogP) is 5.68. The molecule has 3 heterocycles. The van der Waals surface area contributed by atoms with Crippen LogP contribution in [0.15, 0.2) is 77.3 Å². The maximum absolute atomic E-state index is 5.98. The molecule has 4 heteroatoms. The van der Waals surface area contributed by atoms with Crippen molar-refractivity contribution in [1.82, 2.24) is 15.0 Å². The molecule has 26 heavy (non-hydrogen) atoms. The van der Waals surface area contributed by atoms with Gasteiger partial charge in [0.1, 0.15) is 11.2 Å². The molecule has 0 saturated carbocycles. The van der Waals surface area contributed by atoms with E-state index in [9.17, 15) is 0 Å². The van der Waals surface area contributed by atoms with Crippen molar-refractivity contribution in [3.63, 3.8) is 0 Å². The minimum Gasteiger partial charge on any atom is -0.456 e. The number of benzene rings is 3. The van der Waals surface area contributed by atoms with Crippen molar-refractivity contribution in [3.8, 4) is 11.5 Å². The summed E-state index contributed by atoms with van der Waals surface area (Å²) in [6, 6.07) is 22.3. The van der Waals surface area contributed by atoms with Gasteiger partial charge in [0.2, 0.25) is 0 Å². The molecule has 1 N–H and O–H groups in total. The number of furan rings is 1. The summed E-state index contributed by atoms with van der Waals surface area (Å²) in [6.45, 7) is 0. The van der Waals surface area contributed by atoms with Crippen molar-refractivity contribution >= 4 is 43.7 Å². The molecule has 0 saturated heterocycles. The first-order chi connectivity index (χ1) is 12.9. The third kappa shape index (κ3) is 1.84. The van der Waals surface area contributed by atoms with Crippen LogP contribution in [-0.4, -0.2) is 15.0 Å². The van der Waals surface area contributed by atoms with Gasteiger partial charge in [-0.2, -0.15) is 0 Å². The highest BCUT2D eigenvalue weighted by molar-refractivity contribution is 6.18. The van der Waals surface area contributed by atoms with Gasteiger partial charge in [0.25, 0.3) is 0 Å². The molecule has 3 aromatic heterocycles. The van der Waals surface area contributed by atoms with Gasteiger partial charge >= 0.3 is 0 Å². The van der Waals surface area contributed by atoms with Gasteiger partial charge < -0.3 is 9.40 Å². The first-order valence-electron chi connectivity index (χ1n) is 8.52. The molecule has 4 nitrogen and oxygen atoms in total. The van der Waals surface area contributed by atoms with Crippen molar-refractivity contribution in [2.24, 2.45) is 0 Å². The van der Waals surface area contributed by atoms with Crippen molar-refractivity contribution in [1.29, 1.82) is 0 Å². The maximum Gasteiger partial charge on any atom is 0.176 e. The highest BCUT2D eigenvalue weighted by Gasteiger charge is 2.14. The molecule has 0 aliphatic rings. The minimum atomic E-state index is 0.695. The molecule has 0 radical (unpaired) electrons. The standard InChI is InChI=1S/C22H13N3O/c1-3-7-16-14(5-1)12-23-22(25-16)17-11-13-9-10-19-20(21(13)24-17)15-6-2-4-8-18(15)26-19/h1-12,24H. The molecule has 0 unspecified atom stereocenters. The van der Waals surface area contributed by atoms with Gasteiger partial charge in [0.15, 0.2) is 5.82 Å². The van der Waals surface area contributed by atoms with Crippen LogP contribution in [-0.2, 0) is 0 Å². The highest BCUT2D eigenvalue weighted by Crippen LogP contribution is 2.35. The lowest BCUT2D eigenvalue weighted by Gasteiger charge is -1.99. The molecule has 0 aliphatic carbocycles. The lowest BCUT2D eigenvalue weighted by molar-refractivity contribution is 0.669. The molecule has 0 amide bonds. The van der Waals surface area contributed by atoms with E-state index in [1.165, 1.54) is 0 Å². The second kappa shape index (κ2) is 4.92. The van der Waals surface area contributed by atoms with E-state index >= 15 is 0 Å². The molecule has 0 fully saturated rings. The molecule has 0 bridgehead atoms.